The van der Waals surface area contributed by atoms with Gasteiger partial charge in [-0.2, -0.15) is 9.78 Å². The standard InChI is InChI=1S/C23H24BrN3O5/c1-5-14(2)22-26-18-10-9-16(24)11-17(18)23(29)27(22)25-12-15-7-6-8-19(30-3)21(15)32-13-20(28)31-4/h6-12,14H,5,13H2,1-4H3/t14-/m0/s1. The number of esters is 1. The van der Waals surface area contributed by atoms with Crippen molar-refractivity contribution in [2.45, 2.75) is 26.2 Å². The van der Waals surface area contributed by atoms with Crippen LogP contribution in [-0.2, 0) is 9.53 Å². The van der Waals surface area contributed by atoms with E-state index < -0.39 is 5.97 Å². The lowest BCUT2D eigenvalue weighted by atomic mass is 10.1. The van der Waals surface area contributed by atoms with Gasteiger partial charge in [-0.3, -0.25) is 4.79 Å². The molecule has 0 amide bonds. The summed E-state index contributed by atoms with van der Waals surface area (Å²) in [6, 6.07) is 10.6. The fourth-order valence-corrected chi connectivity index (χ4v) is 3.40. The first-order valence-corrected chi connectivity index (χ1v) is 10.8. The Bertz CT molecular complexity index is 1220. The predicted molar refractivity (Wildman–Crippen MR) is 126 cm³/mol. The number of benzene rings is 2. The van der Waals surface area contributed by atoms with Gasteiger partial charge in [0.1, 0.15) is 5.82 Å². The summed E-state index contributed by atoms with van der Waals surface area (Å²) >= 11 is 3.41. The summed E-state index contributed by atoms with van der Waals surface area (Å²) < 4.78 is 17.7. The van der Waals surface area contributed by atoms with Crippen LogP contribution in [0.3, 0.4) is 0 Å². The molecule has 0 radical (unpaired) electrons. The van der Waals surface area contributed by atoms with Gasteiger partial charge in [-0.15, -0.1) is 0 Å². The monoisotopic (exact) mass is 501 g/mol. The Hall–Kier alpha value is -3.20. The predicted octanol–water partition coefficient (Wildman–Crippen LogP) is 4.12. The number of hydrogen-bond donors (Lipinski definition) is 0. The lowest BCUT2D eigenvalue weighted by molar-refractivity contribution is -0.142. The highest BCUT2D eigenvalue weighted by molar-refractivity contribution is 9.10. The highest BCUT2D eigenvalue weighted by Crippen LogP contribution is 2.30. The maximum absolute atomic E-state index is 13.3. The van der Waals surface area contributed by atoms with E-state index in [4.69, 9.17) is 14.5 Å². The van der Waals surface area contributed by atoms with Crippen molar-refractivity contribution in [1.82, 2.24) is 9.66 Å². The molecule has 1 atom stereocenters. The van der Waals surface area contributed by atoms with Gasteiger partial charge in [0, 0.05) is 16.0 Å². The Morgan fingerprint density at radius 1 is 1.28 bits per heavy atom. The first kappa shape index (κ1) is 23.5. The topological polar surface area (TPSA) is 92.0 Å². The van der Waals surface area contributed by atoms with Crippen molar-refractivity contribution in [3.63, 3.8) is 0 Å². The molecule has 1 aromatic heterocycles. The molecule has 8 nitrogen and oxygen atoms in total. The van der Waals surface area contributed by atoms with Gasteiger partial charge in [0.15, 0.2) is 18.1 Å². The Kier molecular flexibility index (Phi) is 7.63. The van der Waals surface area contributed by atoms with Crippen LogP contribution in [0.25, 0.3) is 10.9 Å². The number of para-hydroxylation sites is 1. The minimum Gasteiger partial charge on any atom is -0.493 e. The second kappa shape index (κ2) is 10.4. The normalized spacial score (nSPS) is 12.2. The molecule has 0 saturated heterocycles. The summed E-state index contributed by atoms with van der Waals surface area (Å²) in [5, 5.41) is 4.91. The average molecular weight is 502 g/mol. The molecule has 1 heterocycles. The van der Waals surface area contributed by atoms with Gasteiger partial charge in [0.2, 0.25) is 0 Å². The number of fused-ring (bicyclic) bond motifs is 1. The Morgan fingerprint density at radius 3 is 2.75 bits per heavy atom. The number of rotatable bonds is 8. The van der Waals surface area contributed by atoms with E-state index in [2.05, 4.69) is 25.8 Å². The van der Waals surface area contributed by atoms with Crippen molar-refractivity contribution in [3.8, 4) is 11.5 Å². The Balaban J connectivity index is 2.13. The molecule has 0 aliphatic heterocycles. The van der Waals surface area contributed by atoms with Crippen molar-refractivity contribution in [2.75, 3.05) is 20.8 Å². The van der Waals surface area contributed by atoms with E-state index in [0.29, 0.717) is 33.8 Å². The molecule has 3 aromatic rings. The summed E-state index contributed by atoms with van der Waals surface area (Å²) in [5.41, 5.74) is 0.871. The summed E-state index contributed by atoms with van der Waals surface area (Å²) in [5.74, 6) is 0.779. The minimum absolute atomic E-state index is 0.00764. The lowest BCUT2D eigenvalue weighted by Crippen LogP contribution is -2.23. The van der Waals surface area contributed by atoms with Crippen molar-refractivity contribution < 1.29 is 19.0 Å². The van der Waals surface area contributed by atoms with Crippen LogP contribution in [-0.4, -0.2) is 42.7 Å². The molecule has 0 fully saturated rings. The van der Waals surface area contributed by atoms with Crippen LogP contribution in [0.5, 0.6) is 11.5 Å². The molecule has 0 N–H and O–H groups in total. The van der Waals surface area contributed by atoms with Gasteiger partial charge < -0.3 is 14.2 Å². The molecule has 0 unspecified atom stereocenters. The van der Waals surface area contributed by atoms with Gasteiger partial charge in [-0.05, 0) is 36.8 Å². The molecule has 32 heavy (non-hydrogen) atoms. The quantitative estimate of drug-likeness (QED) is 0.340. The third kappa shape index (κ3) is 4.99. The van der Waals surface area contributed by atoms with Gasteiger partial charge in [0.05, 0.1) is 31.3 Å². The van der Waals surface area contributed by atoms with Crippen LogP contribution in [0.4, 0.5) is 0 Å². The van der Waals surface area contributed by atoms with Crippen LogP contribution in [0.15, 0.2) is 50.8 Å². The van der Waals surface area contributed by atoms with Crippen LogP contribution in [0.2, 0.25) is 0 Å². The molecule has 0 saturated carbocycles. The van der Waals surface area contributed by atoms with Gasteiger partial charge in [-0.1, -0.05) is 35.8 Å². The van der Waals surface area contributed by atoms with Crippen LogP contribution < -0.4 is 15.0 Å². The molecule has 9 heteroatoms. The maximum Gasteiger partial charge on any atom is 0.343 e. The molecule has 0 aliphatic rings. The number of carbonyl (C=O) groups excluding carboxylic acids is 1. The molecule has 0 bridgehead atoms. The molecule has 2 aromatic carbocycles. The summed E-state index contributed by atoms with van der Waals surface area (Å²) in [6.45, 7) is 3.73. The average Bonchev–Trinajstić information content (AvgIpc) is 2.81. The van der Waals surface area contributed by atoms with E-state index in [9.17, 15) is 9.59 Å². The van der Waals surface area contributed by atoms with E-state index in [1.54, 1.807) is 24.3 Å². The summed E-state index contributed by atoms with van der Waals surface area (Å²) in [4.78, 5) is 29.5. The second-order valence-electron chi connectivity index (χ2n) is 7.05. The number of ether oxygens (including phenoxy) is 3. The van der Waals surface area contributed by atoms with E-state index in [1.165, 1.54) is 25.1 Å². The highest BCUT2D eigenvalue weighted by atomic mass is 79.9. The number of aromatic nitrogens is 2. The molecule has 0 spiro atoms. The summed E-state index contributed by atoms with van der Waals surface area (Å²) in [7, 11) is 2.78. The molecular weight excluding hydrogens is 478 g/mol. The molecule has 0 aliphatic carbocycles. The van der Waals surface area contributed by atoms with Crippen LogP contribution in [0.1, 0.15) is 37.6 Å². The number of hydrogen-bond acceptors (Lipinski definition) is 7. The zero-order chi connectivity index (χ0) is 23.3. The first-order valence-electron chi connectivity index (χ1n) is 10.0. The SMILES string of the molecule is CC[C@H](C)c1nc2ccc(Br)cc2c(=O)n1N=Cc1cccc(OC)c1OCC(=O)OC. The van der Waals surface area contributed by atoms with Crippen molar-refractivity contribution in [3.05, 3.63) is 62.6 Å². The lowest BCUT2D eigenvalue weighted by Gasteiger charge is -2.15. The molecule has 168 valence electrons. The van der Waals surface area contributed by atoms with Crippen LogP contribution >= 0.6 is 15.9 Å². The third-order valence-corrected chi connectivity index (χ3v) is 5.48. The second-order valence-corrected chi connectivity index (χ2v) is 7.96. The van der Waals surface area contributed by atoms with E-state index in [0.717, 1.165) is 10.9 Å². The number of nitrogens with zero attached hydrogens (tertiary/aromatic N) is 3. The smallest absolute Gasteiger partial charge is 0.343 e. The minimum atomic E-state index is -0.529. The van der Waals surface area contributed by atoms with E-state index >= 15 is 0 Å². The largest absolute Gasteiger partial charge is 0.493 e. The van der Waals surface area contributed by atoms with Gasteiger partial charge >= 0.3 is 5.97 Å². The fraction of sp³-hybridized carbons (Fsp3) is 0.304. The van der Waals surface area contributed by atoms with Crippen LogP contribution in [0, 0.1) is 0 Å². The molecule has 3 rings (SSSR count). The van der Waals surface area contributed by atoms with Gasteiger partial charge in [0.25, 0.3) is 5.56 Å². The van der Waals surface area contributed by atoms with E-state index in [1.807, 2.05) is 26.0 Å². The Morgan fingerprint density at radius 2 is 2.06 bits per heavy atom. The summed E-state index contributed by atoms with van der Waals surface area (Å²) in [6.07, 6.45) is 2.28. The zero-order valence-electron chi connectivity index (χ0n) is 18.3. The maximum atomic E-state index is 13.3. The number of carbonyl (C=O) groups is 1. The third-order valence-electron chi connectivity index (χ3n) is 4.99. The number of halogens is 1. The van der Waals surface area contributed by atoms with Crippen molar-refractivity contribution in [2.24, 2.45) is 5.10 Å². The fourth-order valence-electron chi connectivity index (χ4n) is 3.04. The highest BCUT2D eigenvalue weighted by Gasteiger charge is 2.17. The molecular formula is C23H24BrN3O5. The van der Waals surface area contributed by atoms with Crippen molar-refractivity contribution in [1.29, 1.82) is 0 Å². The Labute approximate surface area is 194 Å². The number of methoxy groups -OCH3 is 2. The van der Waals surface area contributed by atoms with Crippen molar-refractivity contribution >= 4 is 39.0 Å². The first-order chi connectivity index (χ1) is 15.4. The zero-order valence-corrected chi connectivity index (χ0v) is 19.9. The van der Waals surface area contributed by atoms with E-state index in [-0.39, 0.29) is 18.1 Å². The van der Waals surface area contributed by atoms with Gasteiger partial charge in [-0.25, -0.2) is 9.78 Å².